The highest BCUT2D eigenvalue weighted by atomic mass is 16.4. The van der Waals surface area contributed by atoms with Crippen molar-refractivity contribution in [3.05, 3.63) is 48.9 Å². The zero-order chi connectivity index (χ0) is 9.10. The first-order valence-electron chi connectivity index (χ1n) is 4.04. The highest BCUT2D eigenvalue weighted by molar-refractivity contribution is 5.54. The number of rotatable bonds is 2. The largest absolute Gasteiger partial charge is 0.437 e. The average Bonchev–Trinajstić information content (AvgIpc) is 2.67. The van der Waals surface area contributed by atoms with Crippen LogP contribution in [-0.2, 0) is 0 Å². The average molecular weight is 171 g/mol. The monoisotopic (exact) mass is 171 g/mol. The summed E-state index contributed by atoms with van der Waals surface area (Å²) in [6.07, 6.45) is 3.30. The molecule has 2 aromatic rings. The predicted molar refractivity (Wildman–Crippen MR) is 52.0 cm³/mol. The van der Waals surface area contributed by atoms with E-state index in [4.69, 9.17) is 4.42 Å². The highest BCUT2D eigenvalue weighted by Gasteiger charge is 2.02. The summed E-state index contributed by atoms with van der Waals surface area (Å²) in [4.78, 5) is 4.12. The molecule has 64 valence electrons. The molecule has 13 heavy (non-hydrogen) atoms. The second-order valence-electron chi connectivity index (χ2n) is 2.64. The Hall–Kier alpha value is -1.83. The maximum atomic E-state index is 5.39. The summed E-state index contributed by atoms with van der Waals surface area (Å²) >= 11 is 0. The number of hydrogen-bond acceptors (Lipinski definition) is 2. The van der Waals surface area contributed by atoms with Crippen LogP contribution in [0, 0.1) is 0 Å². The van der Waals surface area contributed by atoms with Gasteiger partial charge in [0.05, 0.1) is 6.20 Å². The van der Waals surface area contributed by atoms with Gasteiger partial charge in [0.15, 0.2) is 0 Å². The summed E-state index contributed by atoms with van der Waals surface area (Å²) in [5.74, 6) is 1.33. The first-order chi connectivity index (χ1) is 6.40. The fourth-order valence-electron chi connectivity index (χ4n) is 1.10. The summed E-state index contributed by atoms with van der Waals surface area (Å²) < 4.78 is 5.39. The van der Waals surface area contributed by atoms with Gasteiger partial charge in [-0.15, -0.1) is 0 Å². The molecule has 0 bridgehead atoms. The Morgan fingerprint density at radius 1 is 1.23 bits per heavy atom. The molecule has 0 saturated heterocycles. The van der Waals surface area contributed by atoms with E-state index in [1.165, 1.54) is 0 Å². The van der Waals surface area contributed by atoms with E-state index in [-0.39, 0.29) is 0 Å². The SMILES string of the molecule is C=Cc1cnc(-c2ccccc2)o1. The molecule has 2 nitrogen and oxygen atoms in total. The number of oxazole rings is 1. The van der Waals surface area contributed by atoms with Gasteiger partial charge in [0.1, 0.15) is 5.76 Å². The predicted octanol–water partition coefficient (Wildman–Crippen LogP) is 2.98. The quantitative estimate of drug-likeness (QED) is 0.694. The first kappa shape index (κ1) is 7.80. The van der Waals surface area contributed by atoms with Gasteiger partial charge >= 0.3 is 0 Å². The van der Waals surface area contributed by atoms with Crippen molar-refractivity contribution in [1.29, 1.82) is 0 Å². The van der Waals surface area contributed by atoms with Gasteiger partial charge in [0.25, 0.3) is 0 Å². The molecule has 2 rings (SSSR count). The second kappa shape index (κ2) is 3.27. The van der Waals surface area contributed by atoms with Crippen LogP contribution in [0.5, 0.6) is 0 Å². The van der Waals surface area contributed by atoms with E-state index in [0.29, 0.717) is 11.7 Å². The van der Waals surface area contributed by atoms with E-state index in [1.807, 2.05) is 30.3 Å². The Kier molecular flexibility index (Phi) is 1.96. The van der Waals surface area contributed by atoms with Crippen molar-refractivity contribution in [2.75, 3.05) is 0 Å². The van der Waals surface area contributed by atoms with Crippen molar-refractivity contribution in [1.82, 2.24) is 4.98 Å². The lowest BCUT2D eigenvalue weighted by molar-refractivity contribution is 0.565. The maximum Gasteiger partial charge on any atom is 0.226 e. The van der Waals surface area contributed by atoms with E-state index in [1.54, 1.807) is 12.3 Å². The van der Waals surface area contributed by atoms with Crippen LogP contribution in [0.4, 0.5) is 0 Å². The van der Waals surface area contributed by atoms with Crippen LogP contribution in [0.3, 0.4) is 0 Å². The lowest BCUT2D eigenvalue weighted by Crippen LogP contribution is -1.73. The van der Waals surface area contributed by atoms with Gasteiger partial charge in [0, 0.05) is 5.56 Å². The van der Waals surface area contributed by atoms with Crippen molar-refractivity contribution in [3.63, 3.8) is 0 Å². The Morgan fingerprint density at radius 3 is 2.62 bits per heavy atom. The summed E-state index contributed by atoms with van der Waals surface area (Å²) in [5, 5.41) is 0. The fourth-order valence-corrected chi connectivity index (χ4v) is 1.10. The topological polar surface area (TPSA) is 26.0 Å². The van der Waals surface area contributed by atoms with Crippen LogP contribution in [0.25, 0.3) is 17.5 Å². The van der Waals surface area contributed by atoms with Crippen LogP contribution in [0.15, 0.2) is 47.5 Å². The van der Waals surface area contributed by atoms with Crippen LogP contribution >= 0.6 is 0 Å². The van der Waals surface area contributed by atoms with Gasteiger partial charge in [-0.05, 0) is 18.2 Å². The molecule has 0 saturated carbocycles. The van der Waals surface area contributed by atoms with E-state index in [9.17, 15) is 0 Å². The molecule has 0 atom stereocenters. The second-order valence-corrected chi connectivity index (χ2v) is 2.64. The maximum absolute atomic E-state index is 5.39. The van der Waals surface area contributed by atoms with Crippen LogP contribution < -0.4 is 0 Å². The number of hydrogen-bond donors (Lipinski definition) is 0. The van der Waals surface area contributed by atoms with Crippen LogP contribution in [-0.4, -0.2) is 4.98 Å². The summed E-state index contributed by atoms with van der Waals surface area (Å²) in [7, 11) is 0. The van der Waals surface area contributed by atoms with E-state index in [0.717, 1.165) is 5.56 Å². The summed E-state index contributed by atoms with van der Waals surface area (Å²) in [6.45, 7) is 3.60. The molecular formula is C11H9NO. The molecule has 0 unspecified atom stereocenters. The molecule has 1 aromatic carbocycles. The van der Waals surface area contributed by atoms with Gasteiger partial charge in [-0.1, -0.05) is 24.8 Å². The molecule has 0 aliphatic carbocycles. The molecule has 1 aromatic heterocycles. The lowest BCUT2D eigenvalue weighted by atomic mass is 10.2. The van der Waals surface area contributed by atoms with Crippen LogP contribution in [0.2, 0.25) is 0 Å². The molecule has 0 fully saturated rings. The summed E-state index contributed by atoms with van der Waals surface area (Å²) in [6, 6.07) is 9.78. The lowest BCUT2D eigenvalue weighted by Gasteiger charge is -1.92. The Labute approximate surface area is 76.5 Å². The Morgan fingerprint density at radius 2 is 2.00 bits per heavy atom. The number of nitrogens with zero attached hydrogens (tertiary/aromatic N) is 1. The Balaban J connectivity index is 2.41. The highest BCUT2D eigenvalue weighted by Crippen LogP contribution is 2.18. The van der Waals surface area contributed by atoms with Crippen LogP contribution in [0.1, 0.15) is 5.76 Å². The molecule has 0 spiro atoms. The zero-order valence-corrected chi connectivity index (χ0v) is 7.10. The molecular weight excluding hydrogens is 162 g/mol. The standard InChI is InChI=1S/C11H9NO/c1-2-10-8-12-11(13-10)9-6-4-3-5-7-9/h2-8H,1H2. The van der Waals surface area contributed by atoms with Gasteiger partial charge in [-0.25, -0.2) is 4.98 Å². The number of aromatic nitrogens is 1. The summed E-state index contributed by atoms with van der Waals surface area (Å²) in [5.41, 5.74) is 0.982. The van der Waals surface area contributed by atoms with E-state index in [2.05, 4.69) is 11.6 Å². The van der Waals surface area contributed by atoms with Crippen molar-refractivity contribution in [3.8, 4) is 11.5 Å². The van der Waals surface area contributed by atoms with Gasteiger partial charge < -0.3 is 4.42 Å². The Bertz CT molecular complexity index is 403. The van der Waals surface area contributed by atoms with Crippen molar-refractivity contribution >= 4 is 6.08 Å². The normalized spacial score (nSPS) is 9.85. The fraction of sp³-hybridized carbons (Fsp3) is 0. The molecule has 0 aliphatic heterocycles. The van der Waals surface area contributed by atoms with Crippen molar-refractivity contribution < 1.29 is 4.42 Å². The molecule has 2 heteroatoms. The zero-order valence-electron chi connectivity index (χ0n) is 7.10. The van der Waals surface area contributed by atoms with Gasteiger partial charge in [-0.2, -0.15) is 0 Å². The number of benzene rings is 1. The third kappa shape index (κ3) is 1.51. The minimum Gasteiger partial charge on any atom is -0.437 e. The first-order valence-corrected chi connectivity index (χ1v) is 4.04. The van der Waals surface area contributed by atoms with E-state index < -0.39 is 0 Å². The third-order valence-corrected chi connectivity index (χ3v) is 1.75. The van der Waals surface area contributed by atoms with Gasteiger partial charge in [0.2, 0.25) is 5.89 Å². The smallest absolute Gasteiger partial charge is 0.226 e. The molecule has 0 amide bonds. The molecule has 1 heterocycles. The molecule has 0 radical (unpaired) electrons. The van der Waals surface area contributed by atoms with Crippen molar-refractivity contribution in [2.45, 2.75) is 0 Å². The molecule has 0 aliphatic rings. The molecule has 0 N–H and O–H groups in total. The van der Waals surface area contributed by atoms with E-state index >= 15 is 0 Å². The van der Waals surface area contributed by atoms with Gasteiger partial charge in [-0.3, -0.25) is 0 Å². The minimum atomic E-state index is 0.635. The third-order valence-electron chi connectivity index (χ3n) is 1.75. The minimum absolute atomic E-state index is 0.635. The van der Waals surface area contributed by atoms with Crippen molar-refractivity contribution in [2.24, 2.45) is 0 Å².